The summed E-state index contributed by atoms with van der Waals surface area (Å²) in [6.07, 6.45) is 0. The minimum absolute atomic E-state index is 0.182. The van der Waals surface area contributed by atoms with Gasteiger partial charge in [0, 0.05) is 5.75 Å². The molecular formula is C9H8BFN2O2S2. The molecule has 0 aliphatic carbocycles. The first kappa shape index (κ1) is 12.5. The summed E-state index contributed by atoms with van der Waals surface area (Å²) in [6.45, 7) is 0. The van der Waals surface area contributed by atoms with E-state index >= 15 is 0 Å². The van der Waals surface area contributed by atoms with Crippen molar-refractivity contribution in [2.24, 2.45) is 0 Å². The van der Waals surface area contributed by atoms with Crippen molar-refractivity contribution in [3.63, 3.8) is 0 Å². The molecule has 1 aromatic heterocycles. The monoisotopic (exact) mass is 270 g/mol. The molecular weight excluding hydrogens is 262 g/mol. The summed E-state index contributed by atoms with van der Waals surface area (Å²) < 4.78 is 13.8. The Bertz CT molecular complexity index is 496. The van der Waals surface area contributed by atoms with Gasteiger partial charge in [0.05, 0.1) is 0 Å². The zero-order chi connectivity index (χ0) is 12.3. The van der Waals surface area contributed by atoms with Gasteiger partial charge in [0.2, 0.25) is 0 Å². The third kappa shape index (κ3) is 3.26. The van der Waals surface area contributed by atoms with Gasteiger partial charge in [-0.25, -0.2) is 4.39 Å². The predicted molar refractivity (Wildman–Crippen MR) is 65.7 cm³/mol. The summed E-state index contributed by atoms with van der Waals surface area (Å²) in [5.74, 6) is 0.000338. The highest BCUT2D eigenvalue weighted by Gasteiger charge is 2.17. The van der Waals surface area contributed by atoms with E-state index in [2.05, 4.69) is 10.2 Å². The third-order valence-electron chi connectivity index (χ3n) is 2.08. The Kier molecular flexibility index (Phi) is 4.11. The number of rotatable bonds is 4. The number of nitrogens with zero attached hydrogens (tertiary/aromatic N) is 2. The molecule has 0 aliphatic rings. The molecule has 0 fully saturated rings. The van der Waals surface area contributed by atoms with E-state index in [4.69, 9.17) is 10.0 Å². The quantitative estimate of drug-likeness (QED) is 0.630. The number of halogens is 1. The Balaban J connectivity index is 2.14. The Hall–Kier alpha value is -0.955. The average Bonchev–Trinajstić information content (AvgIpc) is 2.80. The zero-order valence-electron chi connectivity index (χ0n) is 8.58. The minimum Gasteiger partial charge on any atom is -0.423 e. The SMILES string of the molecule is OB(O)c1cc(F)ccc1CSc1nncs1. The maximum atomic E-state index is 13.0. The molecule has 1 heterocycles. The highest BCUT2D eigenvalue weighted by atomic mass is 32.2. The van der Waals surface area contributed by atoms with E-state index in [9.17, 15) is 4.39 Å². The van der Waals surface area contributed by atoms with Crippen molar-refractivity contribution in [3.8, 4) is 0 Å². The van der Waals surface area contributed by atoms with E-state index < -0.39 is 12.9 Å². The van der Waals surface area contributed by atoms with Crippen molar-refractivity contribution in [1.29, 1.82) is 0 Å². The molecule has 0 bridgehead atoms. The van der Waals surface area contributed by atoms with Gasteiger partial charge in [-0.3, -0.25) is 0 Å². The van der Waals surface area contributed by atoms with Gasteiger partial charge in [-0.15, -0.1) is 10.2 Å². The molecule has 88 valence electrons. The highest BCUT2D eigenvalue weighted by molar-refractivity contribution is 8.00. The fourth-order valence-corrected chi connectivity index (χ4v) is 2.81. The van der Waals surface area contributed by atoms with Crippen LogP contribution in [0.3, 0.4) is 0 Å². The maximum Gasteiger partial charge on any atom is 0.488 e. The smallest absolute Gasteiger partial charge is 0.423 e. The van der Waals surface area contributed by atoms with Gasteiger partial charge >= 0.3 is 7.12 Å². The molecule has 8 heteroatoms. The third-order valence-corrected chi connectivity index (χ3v) is 3.99. The van der Waals surface area contributed by atoms with Crippen molar-refractivity contribution in [3.05, 3.63) is 35.1 Å². The topological polar surface area (TPSA) is 66.2 Å². The lowest BCUT2D eigenvalue weighted by atomic mass is 9.77. The van der Waals surface area contributed by atoms with Crippen LogP contribution in [0.25, 0.3) is 0 Å². The van der Waals surface area contributed by atoms with E-state index in [-0.39, 0.29) is 5.46 Å². The molecule has 2 rings (SSSR count). The van der Waals surface area contributed by atoms with Crippen LogP contribution in [0.5, 0.6) is 0 Å². The Morgan fingerprint density at radius 1 is 1.41 bits per heavy atom. The first-order chi connectivity index (χ1) is 8.16. The summed E-state index contributed by atoms with van der Waals surface area (Å²) in [4.78, 5) is 0. The lowest BCUT2D eigenvalue weighted by Crippen LogP contribution is -2.33. The predicted octanol–water partition coefficient (Wildman–Crippen LogP) is 0.649. The molecule has 2 aromatic rings. The molecule has 4 nitrogen and oxygen atoms in total. The van der Waals surface area contributed by atoms with Crippen molar-refractivity contribution < 1.29 is 14.4 Å². The van der Waals surface area contributed by atoms with E-state index in [0.29, 0.717) is 11.3 Å². The van der Waals surface area contributed by atoms with Gasteiger partial charge in [-0.2, -0.15) is 0 Å². The first-order valence-electron chi connectivity index (χ1n) is 4.70. The van der Waals surface area contributed by atoms with Crippen LogP contribution in [0.4, 0.5) is 4.39 Å². The van der Waals surface area contributed by atoms with Crippen LogP contribution in [0.1, 0.15) is 5.56 Å². The standard InChI is InChI=1S/C9H8BFN2O2S2/c11-7-2-1-6(8(3-7)10(14)15)4-16-9-13-12-5-17-9/h1-3,5,14-15H,4H2. The molecule has 2 N–H and O–H groups in total. The van der Waals surface area contributed by atoms with Gasteiger partial charge < -0.3 is 10.0 Å². The minimum atomic E-state index is -1.67. The van der Waals surface area contributed by atoms with Crippen LogP contribution < -0.4 is 5.46 Å². The van der Waals surface area contributed by atoms with Crippen LogP contribution in [-0.2, 0) is 5.75 Å². The number of benzene rings is 1. The Morgan fingerprint density at radius 3 is 2.88 bits per heavy atom. The summed E-state index contributed by atoms with van der Waals surface area (Å²) in [5.41, 5.74) is 2.47. The lowest BCUT2D eigenvalue weighted by molar-refractivity contribution is 0.425. The second kappa shape index (κ2) is 5.59. The molecule has 0 aliphatic heterocycles. The van der Waals surface area contributed by atoms with E-state index in [1.165, 1.54) is 35.2 Å². The number of aromatic nitrogens is 2. The van der Waals surface area contributed by atoms with Crippen LogP contribution >= 0.6 is 23.1 Å². The fraction of sp³-hybridized carbons (Fsp3) is 0.111. The van der Waals surface area contributed by atoms with E-state index in [1.54, 1.807) is 5.51 Å². The van der Waals surface area contributed by atoms with E-state index in [0.717, 1.165) is 10.4 Å². The summed E-state index contributed by atoms with van der Waals surface area (Å²) >= 11 is 2.82. The molecule has 0 amide bonds. The molecule has 0 radical (unpaired) electrons. The van der Waals surface area contributed by atoms with Gasteiger partial charge in [0.25, 0.3) is 0 Å². The second-order valence-corrected chi connectivity index (χ2v) is 5.27. The number of thioether (sulfide) groups is 1. The molecule has 0 atom stereocenters. The largest absolute Gasteiger partial charge is 0.488 e. The first-order valence-corrected chi connectivity index (χ1v) is 6.57. The van der Waals surface area contributed by atoms with Gasteiger partial charge in [-0.1, -0.05) is 29.2 Å². The van der Waals surface area contributed by atoms with Crippen LogP contribution in [0.15, 0.2) is 28.0 Å². The molecule has 0 saturated carbocycles. The Labute approximate surface area is 106 Å². The van der Waals surface area contributed by atoms with Gasteiger partial charge in [0.15, 0.2) is 4.34 Å². The van der Waals surface area contributed by atoms with Gasteiger partial charge in [0.1, 0.15) is 11.3 Å². The van der Waals surface area contributed by atoms with Crippen molar-refractivity contribution >= 4 is 35.7 Å². The molecule has 0 unspecified atom stereocenters. The van der Waals surface area contributed by atoms with Crippen molar-refractivity contribution in [2.45, 2.75) is 10.1 Å². The van der Waals surface area contributed by atoms with Gasteiger partial charge in [-0.05, 0) is 23.2 Å². The van der Waals surface area contributed by atoms with E-state index in [1.807, 2.05) is 0 Å². The van der Waals surface area contributed by atoms with Crippen LogP contribution in [0, 0.1) is 5.82 Å². The zero-order valence-corrected chi connectivity index (χ0v) is 10.2. The summed E-state index contributed by atoms with van der Waals surface area (Å²) in [5, 5.41) is 25.8. The summed E-state index contributed by atoms with van der Waals surface area (Å²) in [7, 11) is -1.67. The number of hydrogen-bond donors (Lipinski definition) is 2. The molecule has 17 heavy (non-hydrogen) atoms. The fourth-order valence-electron chi connectivity index (χ4n) is 1.30. The van der Waals surface area contributed by atoms with Crippen molar-refractivity contribution in [1.82, 2.24) is 10.2 Å². The van der Waals surface area contributed by atoms with Crippen LogP contribution in [-0.4, -0.2) is 27.4 Å². The van der Waals surface area contributed by atoms with Crippen molar-refractivity contribution in [2.75, 3.05) is 0 Å². The number of hydrogen-bond acceptors (Lipinski definition) is 6. The molecule has 0 spiro atoms. The molecule has 1 aromatic carbocycles. The average molecular weight is 270 g/mol. The Morgan fingerprint density at radius 2 is 2.24 bits per heavy atom. The second-order valence-electron chi connectivity index (χ2n) is 3.21. The maximum absolute atomic E-state index is 13.0. The summed E-state index contributed by atoms with van der Waals surface area (Å²) in [6, 6.07) is 3.96. The molecule has 0 saturated heterocycles. The van der Waals surface area contributed by atoms with Crippen LogP contribution in [0.2, 0.25) is 0 Å². The normalized spacial score (nSPS) is 10.5. The highest BCUT2D eigenvalue weighted by Crippen LogP contribution is 2.23. The lowest BCUT2D eigenvalue weighted by Gasteiger charge is -2.07.